The van der Waals surface area contributed by atoms with E-state index in [2.05, 4.69) is 6.58 Å². The number of nitrogens with two attached hydrogens (primary N) is 1. The molecule has 0 saturated heterocycles. The van der Waals surface area contributed by atoms with Crippen molar-refractivity contribution in [2.75, 3.05) is 5.73 Å². The van der Waals surface area contributed by atoms with Gasteiger partial charge < -0.3 is 5.73 Å². The van der Waals surface area contributed by atoms with Crippen LogP contribution in [-0.2, 0) is 6.18 Å². The fourth-order valence-corrected chi connectivity index (χ4v) is 1.23. The molecule has 1 aromatic rings. The van der Waals surface area contributed by atoms with Crippen LogP contribution in [0.3, 0.4) is 0 Å². The van der Waals surface area contributed by atoms with Crippen molar-refractivity contribution in [2.45, 2.75) is 12.4 Å². The zero-order valence-corrected chi connectivity index (χ0v) is 8.58. The van der Waals surface area contributed by atoms with Crippen LogP contribution in [0.15, 0.2) is 18.7 Å². The molecule has 0 amide bonds. The van der Waals surface area contributed by atoms with E-state index in [0.29, 0.717) is 6.07 Å². The number of halogens is 7. The lowest BCUT2D eigenvalue weighted by Gasteiger charge is -2.15. The Hall–Kier alpha value is -1.73. The van der Waals surface area contributed by atoms with Crippen LogP contribution in [-0.4, -0.2) is 6.18 Å². The van der Waals surface area contributed by atoms with Gasteiger partial charge in [0, 0.05) is 11.3 Å². The Labute approximate surface area is 96.7 Å². The minimum atomic E-state index is -5.14. The number of alkyl halides is 6. The summed E-state index contributed by atoms with van der Waals surface area (Å²) in [4.78, 5) is 0. The minimum Gasteiger partial charge on any atom is -0.399 e. The third kappa shape index (κ3) is 2.74. The van der Waals surface area contributed by atoms with Crippen LogP contribution in [0.1, 0.15) is 11.1 Å². The second-order valence-electron chi connectivity index (χ2n) is 3.40. The van der Waals surface area contributed by atoms with Gasteiger partial charge in [-0.3, -0.25) is 0 Å². The Morgan fingerprint density at radius 2 is 1.56 bits per heavy atom. The van der Waals surface area contributed by atoms with E-state index >= 15 is 0 Å². The quantitative estimate of drug-likeness (QED) is 0.607. The number of benzene rings is 1. The number of hydrogen-bond donors (Lipinski definition) is 1. The minimum absolute atomic E-state index is 0.225. The van der Waals surface area contributed by atoms with Gasteiger partial charge in [-0.1, -0.05) is 6.58 Å². The second kappa shape index (κ2) is 4.18. The van der Waals surface area contributed by atoms with Gasteiger partial charge in [0.15, 0.2) is 0 Å². The molecule has 0 atom stereocenters. The van der Waals surface area contributed by atoms with Crippen molar-refractivity contribution in [1.82, 2.24) is 0 Å². The zero-order chi connectivity index (χ0) is 14.3. The van der Waals surface area contributed by atoms with Gasteiger partial charge in [0.2, 0.25) is 0 Å². The smallest absolute Gasteiger partial charge is 0.399 e. The molecule has 0 aliphatic heterocycles. The molecule has 0 aromatic heterocycles. The highest BCUT2D eigenvalue weighted by Crippen LogP contribution is 2.39. The Balaban J connectivity index is 3.49. The maximum atomic E-state index is 13.4. The first-order valence-corrected chi connectivity index (χ1v) is 4.37. The predicted molar refractivity (Wildman–Crippen MR) is 50.9 cm³/mol. The maximum absolute atomic E-state index is 13.4. The first-order valence-electron chi connectivity index (χ1n) is 4.37. The highest BCUT2D eigenvalue weighted by molar-refractivity contribution is 5.71. The summed E-state index contributed by atoms with van der Waals surface area (Å²) < 4.78 is 87.3. The van der Waals surface area contributed by atoms with E-state index in [-0.39, 0.29) is 6.07 Å². The third-order valence-corrected chi connectivity index (χ3v) is 2.07. The summed E-state index contributed by atoms with van der Waals surface area (Å²) in [6.07, 6.45) is -10.2. The molecule has 0 heterocycles. The van der Waals surface area contributed by atoms with Crippen LogP contribution in [0.25, 0.3) is 5.57 Å². The number of nitrogen functional groups attached to an aromatic ring is 1. The van der Waals surface area contributed by atoms with Crippen molar-refractivity contribution >= 4 is 11.3 Å². The average Bonchev–Trinajstić information content (AvgIpc) is 2.17. The SMILES string of the molecule is C=C(c1cc(N)cc(C(F)(F)F)c1F)C(F)(F)F. The maximum Gasteiger partial charge on any atom is 0.419 e. The Bertz CT molecular complexity index is 484. The number of hydrogen-bond acceptors (Lipinski definition) is 1. The molecule has 0 aliphatic carbocycles. The first-order chi connectivity index (χ1) is 7.94. The zero-order valence-electron chi connectivity index (χ0n) is 8.58. The van der Waals surface area contributed by atoms with Crippen LogP contribution in [0.4, 0.5) is 36.4 Å². The fourth-order valence-electron chi connectivity index (χ4n) is 1.23. The lowest BCUT2D eigenvalue weighted by Crippen LogP contribution is -2.15. The molecule has 100 valence electrons. The van der Waals surface area contributed by atoms with Crippen molar-refractivity contribution in [2.24, 2.45) is 0 Å². The number of rotatable bonds is 1. The molecule has 2 N–H and O–H groups in total. The standard InChI is InChI=1S/C10H6F7N/c1-4(9(12,13)14)6-2-5(18)3-7(8(6)11)10(15,16)17/h2-3H,1,18H2. The summed E-state index contributed by atoms with van der Waals surface area (Å²) in [5, 5.41) is 0. The monoisotopic (exact) mass is 273 g/mol. The lowest BCUT2D eigenvalue weighted by molar-refractivity contribution is -0.140. The largest absolute Gasteiger partial charge is 0.419 e. The van der Waals surface area contributed by atoms with Crippen molar-refractivity contribution < 1.29 is 30.7 Å². The van der Waals surface area contributed by atoms with Crippen molar-refractivity contribution in [3.05, 3.63) is 35.7 Å². The molecule has 0 spiro atoms. The summed E-state index contributed by atoms with van der Waals surface area (Å²) in [6.45, 7) is 2.53. The summed E-state index contributed by atoms with van der Waals surface area (Å²) in [7, 11) is 0. The molecule has 0 unspecified atom stereocenters. The number of anilines is 1. The summed E-state index contributed by atoms with van der Waals surface area (Å²) >= 11 is 0. The summed E-state index contributed by atoms with van der Waals surface area (Å²) in [5.41, 5.74) is -0.497. The highest BCUT2D eigenvalue weighted by atomic mass is 19.4. The second-order valence-corrected chi connectivity index (χ2v) is 3.40. The van der Waals surface area contributed by atoms with Crippen LogP contribution >= 0.6 is 0 Å². The molecule has 0 radical (unpaired) electrons. The van der Waals surface area contributed by atoms with E-state index in [1.54, 1.807) is 0 Å². The highest BCUT2D eigenvalue weighted by Gasteiger charge is 2.40. The summed E-state index contributed by atoms with van der Waals surface area (Å²) in [5.74, 6) is -2.04. The molecule has 8 heteroatoms. The first kappa shape index (κ1) is 14.3. The molecule has 0 saturated carbocycles. The lowest BCUT2D eigenvalue weighted by atomic mass is 10.0. The Kier molecular flexibility index (Phi) is 3.33. The van der Waals surface area contributed by atoms with Crippen LogP contribution in [0.5, 0.6) is 0 Å². The molecular formula is C10H6F7N. The van der Waals surface area contributed by atoms with Gasteiger partial charge in [0.1, 0.15) is 5.82 Å². The average molecular weight is 273 g/mol. The molecule has 0 aliphatic rings. The molecule has 1 aromatic carbocycles. The topological polar surface area (TPSA) is 26.0 Å². The molecule has 0 fully saturated rings. The van der Waals surface area contributed by atoms with E-state index < -0.39 is 40.6 Å². The van der Waals surface area contributed by atoms with E-state index in [1.807, 2.05) is 0 Å². The molecular weight excluding hydrogens is 267 g/mol. The number of allylic oxidation sites excluding steroid dienone is 1. The van der Waals surface area contributed by atoms with Gasteiger partial charge in [-0.15, -0.1) is 0 Å². The summed E-state index contributed by atoms with van der Waals surface area (Å²) in [6, 6.07) is 0.683. The van der Waals surface area contributed by atoms with E-state index in [1.165, 1.54) is 0 Å². The van der Waals surface area contributed by atoms with E-state index in [0.717, 1.165) is 0 Å². The predicted octanol–water partition coefficient (Wildman–Crippen LogP) is 4.00. The van der Waals surface area contributed by atoms with Gasteiger partial charge in [0.05, 0.1) is 11.1 Å². The van der Waals surface area contributed by atoms with Crippen molar-refractivity contribution in [1.29, 1.82) is 0 Å². The van der Waals surface area contributed by atoms with Crippen LogP contribution in [0, 0.1) is 5.82 Å². The van der Waals surface area contributed by atoms with Gasteiger partial charge in [-0.25, -0.2) is 4.39 Å². The van der Waals surface area contributed by atoms with Crippen LogP contribution < -0.4 is 5.73 Å². The molecule has 18 heavy (non-hydrogen) atoms. The molecule has 0 bridgehead atoms. The third-order valence-electron chi connectivity index (χ3n) is 2.07. The van der Waals surface area contributed by atoms with Crippen molar-refractivity contribution in [3.63, 3.8) is 0 Å². The van der Waals surface area contributed by atoms with E-state index in [9.17, 15) is 30.7 Å². The Morgan fingerprint density at radius 1 is 1.06 bits per heavy atom. The fraction of sp³-hybridized carbons (Fsp3) is 0.200. The van der Waals surface area contributed by atoms with Crippen molar-refractivity contribution in [3.8, 4) is 0 Å². The van der Waals surface area contributed by atoms with E-state index in [4.69, 9.17) is 5.73 Å². The normalized spacial score (nSPS) is 12.6. The molecule has 1 rings (SSSR count). The Morgan fingerprint density at radius 3 is 1.94 bits per heavy atom. The van der Waals surface area contributed by atoms with Gasteiger partial charge in [0.25, 0.3) is 0 Å². The van der Waals surface area contributed by atoms with Gasteiger partial charge in [-0.05, 0) is 12.1 Å². The van der Waals surface area contributed by atoms with Gasteiger partial charge >= 0.3 is 12.4 Å². The van der Waals surface area contributed by atoms with Gasteiger partial charge in [-0.2, -0.15) is 26.3 Å². The van der Waals surface area contributed by atoms with Crippen LogP contribution in [0.2, 0.25) is 0 Å². The molecule has 1 nitrogen and oxygen atoms in total.